The Bertz CT molecular complexity index is 114. The lowest BCUT2D eigenvalue weighted by Gasteiger charge is -2.18. The summed E-state index contributed by atoms with van der Waals surface area (Å²) in [6, 6.07) is 0.869. The summed E-state index contributed by atoms with van der Waals surface area (Å²) in [5.74, 6) is 0. The van der Waals surface area contributed by atoms with E-state index in [4.69, 9.17) is 16.5 Å². The molecule has 1 aliphatic rings. The fraction of sp³-hybridized carbons (Fsp3) is 0.333. The fourth-order valence-electron chi connectivity index (χ4n) is 0.695. The molecule has 0 amide bonds. The van der Waals surface area contributed by atoms with Crippen LogP contribution in [-0.4, -0.2) is 39.3 Å². The molecule has 0 saturated carbocycles. The second-order valence-corrected chi connectivity index (χ2v) is 10.0. The van der Waals surface area contributed by atoms with Crippen LogP contribution in [0.5, 0.6) is 0 Å². The lowest BCUT2D eigenvalue weighted by atomic mass is 10.8. The van der Waals surface area contributed by atoms with Crippen molar-refractivity contribution in [2.24, 2.45) is 0 Å². The van der Waals surface area contributed by atoms with E-state index in [1.165, 1.54) is 0 Å². The van der Waals surface area contributed by atoms with Crippen molar-refractivity contribution in [3.63, 3.8) is 0 Å². The second kappa shape index (κ2) is 6.02. The first-order chi connectivity index (χ1) is 5.43. The summed E-state index contributed by atoms with van der Waals surface area (Å²) in [5, 5.41) is 0. The van der Waals surface area contributed by atoms with Gasteiger partial charge in [0.2, 0.25) is 0 Å². The van der Waals surface area contributed by atoms with E-state index in [0.717, 1.165) is 6.04 Å². The topological polar surface area (TPSA) is 36.9 Å². The Balaban J connectivity index is 2.20. The van der Waals surface area contributed by atoms with Gasteiger partial charge in [0.05, 0.1) is 0 Å². The molecule has 0 aliphatic carbocycles. The maximum absolute atomic E-state index is 5.47. The van der Waals surface area contributed by atoms with Gasteiger partial charge >= 0.3 is 9.28 Å². The molecule has 0 atom stereocenters. The second-order valence-electron chi connectivity index (χ2n) is 2.05. The molecular formula is C3H12O4Si4. The zero-order valence-corrected chi connectivity index (χ0v) is 11.7. The molecule has 0 unspecified atom stereocenters. The first kappa shape index (κ1) is 9.53. The Morgan fingerprint density at radius 1 is 1.18 bits per heavy atom. The zero-order chi connectivity index (χ0) is 7.94. The third-order valence-corrected chi connectivity index (χ3v) is 8.65. The highest BCUT2D eigenvalue weighted by molar-refractivity contribution is 6.60. The van der Waals surface area contributed by atoms with E-state index in [1.807, 2.05) is 6.08 Å². The first-order valence-electron chi connectivity index (χ1n) is 3.43. The van der Waals surface area contributed by atoms with Crippen molar-refractivity contribution in [1.29, 1.82) is 0 Å². The van der Waals surface area contributed by atoms with Crippen LogP contribution in [0.15, 0.2) is 12.7 Å². The largest absolute Gasteiger partial charge is 0.425 e. The predicted octanol–water partition coefficient (Wildman–Crippen LogP) is -2.53. The molecular weight excluding hydrogens is 212 g/mol. The Labute approximate surface area is 74.9 Å². The van der Waals surface area contributed by atoms with E-state index in [1.54, 1.807) is 0 Å². The van der Waals surface area contributed by atoms with E-state index >= 15 is 0 Å². The highest BCUT2D eigenvalue weighted by Crippen LogP contribution is 1.98. The smallest absolute Gasteiger partial charge is 0.306 e. The van der Waals surface area contributed by atoms with Crippen molar-refractivity contribution >= 4 is 39.3 Å². The third-order valence-electron chi connectivity index (χ3n) is 1.20. The van der Waals surface area contributed by atoms with Crippen molar-refractivity contribution in [1.82, 2.24) is 0 Å². The molecule has 0 N–H and O–H groups in total. The number of hydrogen-bond acceptors (Lipinski definition) is 4. The van der Waals surface area contributed by atoms with Crippen LogP contribution < -0.4 is 0 Å². The van der Waals surface area contributed by atoms with Gasteiger partial charge < -0.3 is 16.5 Å². The highest BCUT2D eigenvalue weighted by Gasteiger charge is 2.13. The molecule has 0 aromatic carbocycles. The van der Waals surface area contributed by atoms with Crippen LogP contribution in [0, 0.1) is 0 Å². The molecule has 1 aliphatic heterocycles. The summed E-state index contributed by atoms with van der Waals surface area (Å²) < 4.78 is 21.4. The molecule has 0 radical (unpaired) electrons. The molecule has 0 bridgehead atoms. The average molecular weight is 224 g/mol. The van der Waals surface area contributed by atoms with Gasteiger partial charge in [-0.2, -0.15) is 0 Å². The maximum atomic E-state index is 5.47. The van der Waals surface area contributed by atoms with Crippen molar-refractivity contribution in [2.45, 2.75) is 6.04 Å². The molecule has 0 aromatic heterocycles. The molecule has 11 heavy (non-hydrogen) atoms. The maximum Gasteiger partial charge on any atom is 0.306 e. The minimum Gasteiger partial charge on any atom is -0.425 e. The molecule has 1 rings (SSSR count). The molecule has 1 saturated heterocycles. The summed E-state index contributed by atoms with van der Waals surface area (Å²) in [6.07, 6.45) is 1.85. The van der Waals surface area contributed by atoms with E-state index in [2.05, 4.69) is 6.58 Å². The van der Waals surface area contributed by atoms with E-state index < -0.39 is 39.3 Å². The van der Waals surface area contributed by atoms with Crippen LogP contribution in [0.3, 0.4) is 0 Å². The van der Waals surface area contributed by atoms with Gasteiger partial charge in [0, 0.05) is 6.04 Å². The van der Waals surface area contributed by atoms with Gasteiger partial charge in [0.15, 0.2) is 0 Å². The third kappa shape index (κ3) is 4.12. The van der Waals surface area contributed by atoms with E-state index in [0.29, 0.717) is 0 Å². The van der Waals surface area contributed by atoms with Gasteiger partial charge in [0.25, 0.3) is 30.0 Å². The van der Waals surface area contributed by atoms with Crippen LogP contribution in [0.2, 0.25) is 6.04 Å². The van der Waals surface area contributed by atoms with Gasteiger partial charge in [-0.1, -0.05) is 6.08 Å². The summed E-state index contributed by atoms with van der Waals surface area (Å²) >= 11 is 0. The summed E-state index contributed by atoms with van der Waals surface area (Å²) in [4.78, 5) is 0. The molecule has 4 nitrogen and oxygen atoms in total. The summed E-state index contributed by atoms with van der Waals surface area (Å²) in [5.41, 5.74) is 0. The minimum atomic E-state index is -1.42. The molecule has 8 heteroatoms. The van der Waals surface area contributed by atoms with Crippen LogP contribution in [-0.2, 0) is 16.5 Å². The fourth-order valence-corrected chi connectivity index (χ4v) is 9.10. The quantitative estimate of drug-likeness (QED) is 0.383. The molecule has 0 aromatic rings. The number of hydrogen-bond donors (Lipinski definition) is 0. The average Bonchev–Trinajstić information content (AvgIpc) is 1.94. The minimum absolute atomic E-state index is 0.715. The van der Waals surface area contributed by atoms with E-state index in [-0.39, 0.29) is 0 Å². The molecule has 0 spiro atoms. The van der Waals surface area contributed by atoms with Crippen molar-refractivity contribution in [3.8, 4) is 0 Å². The van der Waals surface area contributed by atoms with Crippen molar-refractivity contribution in [2.75, 3.05) is 0 Å². The first-order valence-corrected chi connectivity index (χ1v) is 8.65. The Morgan fingerprint density at radius 3 is 2.36 bits per heavy atom. The predicted molar refractivity (Wildman–Crippen MR) is 52.1 cm³/mol. The van der Waals surface area contributed by atoms with Gasteiger partial charge in [-0.15, -0.1) is 6.58 Å². The number of allylic oxidation sites excluding steroid dienone is 1. The van der Waals surface area contributed by atoms with Gasteiger partial charge in [-0.3, -0.25) is 0 Å². The Hall–Kier alpha value is 0.448. The molecule has 1 fully saturated rings. The standard InChI is InChI=1S/C3H12O4Si4/c1-2-3-11-6-9-4-8-5-10-7-11/h2,11H,1,3,8-10H2. The monoisotopic (exact) mass is 224 g/mol. The SMILES string of the molecule is C=CC[SiH]1O[SiH2]O[SiH2]O[SiH2]O1. The lowest BCUT2D eigenvalue weighted by Crippen LogP contribution is -2.32. The Morgan fingerprint density at radius 2 is 1.82 bits per heavy atom. The van der Waals surface area contributed by atoms with E-state index in [9.17, 15) is 0 Å². The molecule has 64 valence electrons. The highest BCUT2D eigenvalue weighted by atomic mass is 28.4. The van der Waals surface area contributed by atoms with Gasteiger partial charge in [-0.05, 0) is 0 Å². The van der Waals surface area contributed by atoms with Gasteiger partial charge in [-0.25, -0.2) is 0 Å². The molecule has 1 heterocycles. The lowest BCUT2D eigenvalue weighted by molar-refractivity contribution is 0.330. The summed E-state index contributed by atoms with van der Waals surface area (Å²) in [7, 11) is -3.67. The van der Waals surface area contributed by atoms with Crippen molar-refractivity contribution < 1.29 is 16.5 Å². The normalized spacial score (nSPS) is 33.6. The summed E-state index contributed by atoms with van der Waals surface area (Å²) in [6.45, 7) is 3.64. The number of rotatable bonds is 2. The van der Waals surface area contributed by atoms with Crippen LogP contribution in [0.25, 0.3) is 0 Å². The van der Waals surface area contributed by atoms with Crippen LogP contribution in [0.1, 0.15) is 0 Å². The van der Waals surface area contributed by atoms with Crippen LogP contribution >= 0.6 is 0 Å². The van der Waals surface area contributed by atoms with Gasteiger partial charge in [0.1, 0.15) is 0 Å². The Kier molecular flexibility index (Phi) is 5.22. The van der Waals surface area contributed by atoms with Crippen molar-refractivity contribution in [3.05, 3.63) is 12.7 Å². The van der Waals surface area contributed by atoms with Crippen LogP contribution in [0.4, 0.5) is 0 Å². The zero-order valence-electron chi connectivity index (χ0n) is 6.32.